The summed E-state index contributed by atoms with van der Waals surface area (Å²) in [4.78, 5) is 46.3. The van der Waals surface area contributed by atoms with Crippen molar-refractivity contribution >= 4 is 45.3 Å². The summed E-state index contributed by atoms with van der Waals surface area (Å²) >= 11 is 0. The minimum atomic E-state index is -1.07. The van der Waals surface area contributed by atoms with E-state index in [0.29, 0.717) is 38.5 Å². The Bertz CT molecular complexity index is 702. The summed E-state index contributed by atoms with van der Waals surface area (Å²) in [6.45, 7) is 3.88. The average molecular weight is 577 g/mol. The number of carbonyl (C=O) groups excluding carboxylic acids is 2. The van der Waals surface area contributed by atoms with Gasteiger partial charge in [0.05, 0.1) is 25.0 Å². The number of carboxylic acids is 2. The van der Waals surface area contributed by atoms with Crippen molar-refractivity contribution in [1.82, 2.24) is 10.6 Å². The maximum atomic E-state index is 11.9. The van der Waals surface area contributed by atoms with Crippen molar-refractivity contribution in [2.45, 2.75) is 102 Å². The average Bonchev–Trinajstić information content (AvgIpc) is 2.84. The van der Waals surface area contributed by atoms with E-state index in [0.717, 1.165) is 24.3 Å². The molecule has 6 N–H and O–H groups in total. The van der Waals surface area contributed by atoms with Crippen molar-refractivity contribution in [3.8, 4) is 0 Å². The number of amides is 2. The van der Waals surface area contributed by atoms with Gasteiger partial charge in [0.2, 0.25) is 11.8 Å². The van der Waals surface area contributed by atoms with Gasteiger partial charge in [-0.1, -0.05) is 85.4 Å². The second-order valence-electron chi connectivity index (χ2n) is 8.82. The Morgan fingerprint density at radius 3 is 1.39 bits per heavy atom. The van der Waals surface area contributed by atoms with Crippen LogP contribution in [0.1, 0.15) is 78.1 Å². The number of hydrogen-bond acceptors (Lipinski definition) is 8. The van der Waals surface area contributed by atoms with Crippen LogP contribution in [-0.4, -0.2) is 80.0 Å². The molecule has 0 fully saturated rings. The number of unbranched alkanes of at least 4 members (excludes halogenated alkanes) is 2. The molecule has 38 heavy (non-hydrogen) atoms. The SMILES string of the molecule is CCCCC(NC(=O)CC(O)/C=C/CCSSCC/C=C/C(O)CC(=O)NC(CCCC)C(=O)O)C(=O)O. The highest BCUT2D eigenvalue weighted by atomic mass is 33.1. The largest absolute Gasteiger partial charge is 0.480 e. The molecule has 0 bridgehead atoms. The summed E-state index contributed by atoms with van der Waals surface area (Å²) in [5, 5.41) is 43.1. The summed E-state index contributed by atoms with van der Waals surface area (Å²) < 4.78 is 0. The Morgan fingerprint density at radius 2 is 1.08 bits per heavy atom. The Kier molecular flexibility index (Phi) is 21.7. The van der Waals surface area contributed by atoms with E-state index < -0.39 is 48.0 Å². The van der Waals surface area contributed by atoms with Gasteiger partial charge in [0.1, 0.15) is 12.1 Å². The number of carbonyl (C=O) groups is 4. The number of aliphatic hydroxyl groups is 2. The fraction of sp³-hybridized carbons (Fsp3) is 0.692. The van der Waals surface area contributed by atoms with Gasteiger partial charge in [0, 0.05) is 11.5 Å². The third-order valence-corrected chi connectivity index (χ3v) is 7.76. The van der Waals surface area contributed by atoms with E-state index in [1.54, 1.807) is 33.7 Å². The predicted octanol–water partition coefficient (Wildman–Crippen LogP) is 3.28. The van der Waals surface area contributed by atoms with E-state index in [9.17, 15) is 29.4 Å². The van der Waals surface area contributed by atoms with E-state index in [2.05, 4.69) is 10.6 Å². The van der Waals surface area contributed by atoms with Gasteiger partial charge < -0.3 is 31.1 Å². The molecular weight excluding hydrogens is 532 g/mol. The molecule has 10 nitrogen and oxygen atoms in total. The van der Waals surface area contributed by atoms with E-state index in [1.807, 2.05) is 13.8 Å². The van der Waals surface area contributed by atoms with Crippen LogP contribution in [0.2, 0.25) is 0 Å². The van der Waals surface area contributed by atoms with E-state index in [-0.39, 0.29) is 12.8 Å². The maximum Gasteiger partial charge on any atom is 0.326 e. The quantitative estimate of drug-likeness (QED) is 0.0602. The van der Waals surface area contributed by atoms with Crippen molar-refractivity contribution in [2.75, 3.05) is 11.5 Å². The lowest BCUT2D eigenvalue weighted by molar-refractivity contribution is -0.142. The first-order chi connectivity index (χ1) is 18.1. The lowest BCUT2D eigenvalue weighted by Crippen LogP contribution is -2.41. The number of hydrogen-bond donors (Lipinski definition) is 6. The fourth-order valence-corrected chi connectivity index (χ4v) is 5.20. The molecule has 0 radical (unpaired) electrons. The summed E-state index contributed by atoms with van der Waals surface area (Å²) in [5.74, 6) is -1.54. The third-order valence-electron chi connectivity index (χ3n) is 5.28. The van der Waals surface area contributed by atoms with Crippen LogP contribution in [0.5, 0.6) is 0 Å². The Morgan fingerprint density at radius 1 is 0.711 bits per heavy atom. The second kappa shape index (κ2) is 22.9. The number of rotatable bonds is 23. The van der Waals surface area contributed by atoms with Crippen molar-refractivity contribution in [3.63, 3.8) is 0 Å². The fourth-order valence-electron chi connectivity index (χ4n) is 3.21. The zero-order chi connectivity index (χ0) is 28.8. The molecule has 0 aliphatic rings. The summed E-state index contributed by atoms with van der Waals surface area (Å²) in [6.07, 6.45) is 9.50. The number of allylic oxidation sites excluding steroid dienone is 2. The van der Waals surface area contributed by atoms with Crippen LogP contribution in [0.25, 0.3) is 0 Å². The van der Waals surface area contributed by atoms with Gasteiger partial charge >= 0.3 is 11.9 Å². The molecule has 0 spiro atoms. The number of carboxylic acid groups (broad SMARTS) is 2. The highest BCUT2D eigenvalue weighted by Gasteiger charge is 2.21. The van der Waals surface area contributed by atoms with Gasteiger partial charge in [-0.3, -0.25) is 9.59 Å². The molecule has 0 aromatic carbocycles. The molecule has 218 valence electrons. The van der Waals surface area contributed by atoms with Crippen LogP contribution in [0, 0.1) is 0 Å². The zero-order valence-electron chi connectivity index (χ0n) is 22.3. The minimum absolute atomic E-state index is 0.187. The molecule has 0 aromatic rings. The molecule has 0 heterocycles. The first-order valence-corrected chi connectivity index (χ1v) is 15.6. The highest BCUT2D eigenvalue weighted by Crippen LogP contribution is 2.23. The smallest absolute Gasteiger partial charge is 0.326 e. The van der Waals surface area contributed by atoms with Gasteiger partial charge in [0.15, 0.2) is 0 Å². The molecule has 0 aromatic heterocycles. The third kappa shape index (κ3) is 20.0. The monoisotopic (exact) mass is 576 g/mol. The number of nitrogens with one attached hydrogen (secondary N) is 2. The zero-order valence-corrected chi connectivity index (χ0v) is 24.0. The van der Waals surface area contributed by atoms with Gasteiger partial charge in [-0.2, -0.15) is 0 Å². The molecule has 4 atom stereocenters. The standard InChI is InChI=1S/C26H44N2O8S2/c1-3-5-13-21(25(33)34)27-23(31)17-19(29)11-7-9-15-37-38-16-10-8-12-20(30)18-24(32)28-22(26(35)36)14-6-4-2/h7-8,11-12,19-22,29-30H,3-6,9-10,13-18H2,1-2H3,(H,27,31)(H,28,32)(H,33,34)(H,35,36)/b11-7+,12-8+. The normalized spacial score (nSPS) is 14.7. The van der Waals surface area contributed by atoms with Gasteiger partial charge in [-0.15, -0.1) is 0 Å². The molecule has 0 saturated carbocycles. The van der Waals surface area contributed by atoms with E-state index >= 15 is 0 Å². The second-order valence-corrected chi connectivity index (χ2v) is 11.5. The molecule has 0 rings (SSSR count). The highest BCUT2D eigenvalue weighted by molar-refractivity contribution is 8.76. The summed E-state index contributed by atoms with van der Waals surface area (Å²) in [5.41, 5.74) is 0. The van der Waals surface area contributed by atoms with Crippen molar-refractivity contribution in [2.24, 2.45) is 0 Å². The lowest BCUT2D eigenvalue weighted by atomic mass is 10.1. The van der Waals surface area contributed by atoms with Gasteiger partial charge in [0.25, 0.3) is 0 Å². The molecule has 0 saturated heterocycles. The first kappa shape index (κ1) is 36.0. The van der Waals surface area contributed by atoms with Crippen LogP contribution < -0.4 is 10.6 Å². The molecule has 12 heteroatoms. The maximum absolute atomic E-state index is 11.9. The topological polar surface area (TPSA) is 173 Å². The molecule has 0 aliphatic heterocycles. The predicted molar refractivity (Wildman–Crippen MR) is 152 cm³/mol. The summed E-state index contributed by atoms with van der Waals surface area (Å²) in [7, 11) is 3.29. The van der Waals surface area contributed by atoms with E-state index in [1.165, 1.54) is 12.2 Å². The summed E-state index contributed by atoms with van der Waals surface area (Å²) in [6, 6.07) is -1.87. The Hall–Kier alpha value is -2.02. The number of aliphatic carboxylic acids is 2. The van der Waals surface area contributed by atoms with Crippen LogP contribution in [-0.2, 0) is 19.2 Å². The van der Waals surface area contributed by atoms with Crippen LogP contribution >= 0.6 is 21.6 Å². The van der Waals surface area contributed by atoms with Gasteiger partial charge in [-0.05, 0) is 25.7 Å². The number of aliphatic hydroxyl groups excluding tert-OH is 2. The molecule has 2 amide bonds. The molecule has 0 aliphatic carbocycles. The molecular formula is C26H44N2O8S2. The first-order valence-electron chi connectivity index (χ1n) is 13.1. The van der Waals surface area contributed by atoms with Crippen LogP contribution in [0.15, 0.2) is 24.3 Å². The van der Waals surface area contributed by atoms with Crippen LogP contribution in [0.4, 0.5) is 0 Å². The van der Waals surface area contributed by atoms with Crippen molar-refractivity contribution in [3.05, 3.63) is 24.3 Å². The Balaban J connectivity index is 3.99. The van der Waals surface area contributed by atoms with Crippen molar-refractivity contribution < 1.29 is 39.6 Å². The minimum Gasteiger partial charge on any atom is -0.480 e. The van der Waals surface area contributed by atoms with Gasteiger partial charge in [-0.25, -0.2) is 9.59 Å². The van der Waals surface area contributed by atoms with Crippen molar-refractivity contribution in [1.29, 1.82) is 0 Å². The van der Waals surface area contributed by atoms with E-state index in [4.69, 9.17) is 10.2 Å². The molecule has 4 unspecified atom stereocenters. The Labute approximate surface area is 233 Å². The van der Waals surface area contributed by atoms with Crippen LogP contribution in [0.3, 0.4) is 0 Å². The lowest BCUT2D eigenvalue weighted by Gasteiger charge is -2.15.